The highest BCUT2D eigenvalue weighted by molar-refractivity contribution is 7.85. The second-order valence-corrected chi connectivity index (χ2v) is 14.1. The topological polar surface area (TPSA) is 145 Å². The molecule has 0 aliphatic heterocycles. The minimum Gasteiger partial charge on any atom is -0.391 e. The smallest absolute Gasteiger partial charge is 0.391 e. The van der Waals surface area contributed by atoms with Gasteiger partial charge in [-0.1, -0.05) is 26.7 Å². The highest BCUT2D eigenvalue weighted by Gasteiger charge is 2.35. The molecule has 0 bridgehead atoms. The Kier molecular flexibility index (Phi) is 18.1. The van der Waals surface area contributed by atoms with Crippen molar-refractivity contribution in [3.05, 3.63) is 0 Å². The van der Waals surface area contributed by atoms with Gasteiger partial charge in [0.1, 0.15) is 19.6 Å². The Morgan fingerprint density at radius 2 is 1.26 bits per heavy atom. The van der Waals surface area contributed by atoms with Gasteiger partial charge in [0.2, 0.25) is 0 Å². The number of nitrogens with zero attached hydrogens (tertiary/aromatic N) is 2. The summed E-state index contributed by atoms with van der Waals surface area (Å²) in [6.45, 7) is 8.29. The number of unbranched alkanes of at least 4 members (excludes halogenated alkanes) is 4. The van der Waals surface area contributed by atoms with Crippen LogP contribution in [-0.2, 0) is 14.5 Å². The van der Waals surface area contributed by atoms with Gasteiger partial charge < -0.3 is 33.2 Å². The van der Waals surface area contributed by atoms with Crippen molar-refractivity contribution < 1.29 is 46.2 Å². The van der Waals surface area contributed by atoms with Gasteiger partial charge in [0, 0.05) is 18.9 Å². The standard InChI is InChI=1S/C23H53N2O8SSi/c1-4-6-8-12-24(3,13-9-7-5-2)14-11-23-35(31,32)33-21-18-25(16-19-26,17-20-27)15-10-22-34(28,29)30/h26-27,31-32H,4-23H2,1-3H3/q+1/p+1. The SMILES string of the molecule is CCCCC[N+](C)(CCCCC)CCC[Si](O)(O)OCC[N+](CCO)(CCO)CCCS(=O)(=O)O. The molecule has 0 aromatic rings. The van der Waals surface area contributed by atoms with Gasteiger partial charge >= 0.3 is 8.80 Å². The molecule has 0 saturated carbocycles. The van der Waals surface area contributed by atoms with Crippen LogP contribution < -0.4 is 0 Å². The normalized spacial score (nSPS) is 13.5. The molecule has 12 heteroatoms. The Balaban J connectivity index is 4.83. The fourth-order valence-electron chi connectivity index (χ4n) is 4.67. The molecule has 0 amide bonds. The molecule has 35 heavy (non-hydrogen) atoms. The van der Waals surface area contributed by atoms with E-state index >= 15 is 0 Å². The third kappa shape index (κ3) is 17.9. The van der Waals surface area contributed by atoms with Crippen LogP contribution in [0, 0.1) is 0 Å². The van der Waals surface area contributed by atoms with Crippen molar-refractivity contribution in [3.8, 4) is 0 Å². The molecule has 0 atom stereocenters. The maximum Gasteiger partial charge on any atom is 0.495 e. The van der Waals surface area contributed by atoms with Gasteiger partial charge in [-0.15, -0.1) is 0 Å². The quantitative estimate of drug-likeness (QED) is 0.0526. The summed E-state index contributed by atoms with van der Waals surface area (Å²) >= 11 is 0. The third-order valence-electron chi connectivity index (χ3n) is 6.89. The molecule has 0 rings (SSSR count). The first-order chi connectivity index (χ1) is 16.4. The molecule has 0 heterocycles. The van der Waals surface area contributed by atoms with Gasteiger partial charge in [-0.25, -0.2) is 0 Å². The van der Waals surface area contributed by atoms with E-state index in [0.717, 1.165) is 24.1 Å². The molecule has 0 saturated heterocycles. The Morgan fingerprint density at radius 1 is 0.743 bits per heavy atom. The molecule has 0 unspecified atom stereocenters. The number of aliphatic hydroxyl groups is 2. The Bertz CT molecular complexity index is 621. The molecule has 5 N–H and O–H groups in total. The Morgan fingerprint density at radius 3 is 1.71 bits per heavy atom. The Hall–Kier alpha value is -0.153. The zero-order chi connectivity index (χ0) is 26.8. The molecule has 0 spiro atoms. The van der Waals surface area contributed by atoms with Gasteiger partial charge in [-0.3, -0.25) is 4.55 Å². The van der Waals surface area contributed by atoms with Crippen molar-refractivity contribution in [1.29, 1.82) is 0 Å². The van der Waals surface area contributed by atoms with Gasteiger partial charge in [0.25, 0.3) is 10.1 Å². The molecule has 0 aromatic carbocycles. The first kappa shape index (κ1) is 34.8. The second kappa shape index (κ2) is 18.2. The Labute approximate surface area is 214 Å². The van der Waals surface area contributed by atoms with Crippen LogP contribution in [0.5, 0.6) is 0 Å². The number of rotatable bonds is 24. The lowest BCUT2D eigenvalue weighted by Crippen LogP contribution is -2.55. The lowest BCUT2D eigenvalue weighted by Gasteiger charge is -2.38. The second-order valence-electron chi connectivity index (χ2n) is 10.2. The van der Waals surface area contributed by atoms with Crippen LogP contribution in [0.2, 0.25) is 6.04 Å². The molecule has 0 aromatic heterocycles. The van der Waals surface area contributed by atoms with Gasteiger partial charge in [-0.2, -0.15) is 8.42 Å². The predicted octanol–water partition coefficient (Wildman–Crippen LogP) is 1.22. The molecule has 0 aliphatic carbocycles. The maximum absolute atomic E-state index is 11.1. The summed E-state index contributed by atoms with van der Waals surface area (Å²) in [5.74, 6) is -0.406. The van der Waals surface area contributed by atoms with Crippen LogP contribution >= 0.6 is 0 Å². The lowest BCUT2D eigenvalue weighted by molar-refractivity contribution is -0.928. The fourth-order valence-corrected chi connectivity index (χ4v) is 6.34. The largest absolute Gasteiger partial charge is 0.495 e. The molecule has 0 fully saturated rings. The maximum atomic E-state index is 11.1. The third-order valence-corrected chi connectivity index (χ3v) is 9.36. The van der Waals surface area contributed by atoms with Gasteiger partial charge in [0.05, 0.1) is 58.8 Å². The number of hydrogen-bond donors (Lipinski definition) is 5. The van der Waals surface area contributed by atoms with Crippen LogP contribution in [0.25, 0.3) is 0 Å². The molecular weight excluding hydrogens is 492 g/mol. The van der Waals surface area contributed by atoms with Crippen molar-refractivity contribution in [2.24, 2.45) is 0 Å². The number of hydrogen-bond acceptors (Lipinski definition) is 7. The van der Waals surface area contributed by atoms with Crippen LogP contribution in [-0.4, -0.2) is 129 Å². The summed E-state index contributed by atoms with van der Waals surface area (Å²) in [7, 11) is -5.71. The van der Waals surface area contributed by atoms with E-state index in [4.69, 9.17) is 8.98 Å². The molecule has 0 radical (unpaired) electrons. The summed E-state index contributed by atoms with van der Waals surface area (Å²) in [5, 5.41) is 19.0. The van der Waals surface area contributed by atoms with Crippen molar-refractivity contribution >= 4 is 18.9 Å². The summed E-state index contributed by atoms with van der Waals surface area (Å²) in [5.41, 5.74) is 0. The van der Waals surface area contributed by atoms with Crippen LogP contribution in [0.15, 0.2) is 0 Å². The van der Waals surface area contributed by atoms with Gasteiger partial charge in [0.15, 0.2) is 0 Å². The number of aliphatic hydroxyl groups excluding tert-OH is 2. The van der Waals surface area contributed by atoms with E-state index in [1.54, 1.807) is 0 Å². The zero-order valence-electron chi connectivity index (χ0n) is 22.4. The van der Waals surface area contributed by atoms with E-state index in [1.807, 2.05) is 0 Å². The first-order valence-corrected chi connectivity index (χ1v) is 16.9. The molecule has 212 valence electrons. The minimum atomic E-state index is -4.10. The van der Waals surface area contributed by atoms with E-state index in [2.05, 4.69) is 20.9 Å². The van der Waals surface area contributed by atoms with Crippen molar-refractivity contribution in [2.45, 2.75) is 71.3 Å². The highest BCUT2D eigenvalue weighted by atomic mass is 32.2. The molecule has 10 nitrogen and oxygen atoms in total. The lowest BCUT2D eigenvalue weighted by atomic mass is 10.1. The fraction of sp³-hybridized carbons (Fsp3) is 1.00. The van der Waals surface area contributed by atoms with E-state index in [-0.39, 0.29) is 49.9 Å². The van der Waals surface area contributed by atoms with Crippen molar-refractivity contribution in [3.63, 3.8) is 0 Å². The summed E-state index contributed by atoms with van der Waals surface area (Å²) in [6, 6.07) is 0.213. The average Bonchev–Trinajstić information content (AvgIpc) is 2.73. The zero-order valence-corrected chi connectivity index (χ0v) is 24.2. The summed E-state index contributed by atoms with van der Waals surface area (Å²) in [6.07, 6.45) is 7.92. The average molecular weight is 547 g/mol. The van der Waals surface area contributed by atoms with Crippen LogP contribution in [0.4, 0.5) is 0 Å². The summed E-state index contributed by atoms with van der Waals surface area (Å²) < 4.78 is 37.8. The van der Waals surface area contributed by atoms with E-state index < -0.39 is 24.7 Å². The summed E-state index contributed by atoms with van der Waals surface area (Å²) in [4.78, 5) is 21.1. The van der Waals surface area contributed by atoms with E-state index in [9.17, 15) is 28.2 Å². The minimum absolute atomic E-state index is 0.0320. The monoisotopic (exact) mass is 546 g/mol. The van der Waals surface area contributed by atoms with Crippen molar-refractivity contribution in [1.82, 2.24) is 0 Å². The predicted molar refractivity (Wildman–Crippen MR) is 140 cm³/mol. The van der Waals surface area contributed by atoms with Gasteiger partial charge in [-0.05, 0) is 25.7 Å². The molecule has 0 aliphatic rings. The van der Waals surface area contributed by atoms with E-state index in [1.165, 1.54) is 38.5 Å². The first-order valence-electron chi connectivity index (χ1n) is 13.3. The van der Waals surface area contributed by atoms with Crippen molar-refractivity contribution in [2.75, 3.05) is 78.4 Å². The number of quaternary nitrogens is 2. The van der Waals surface area contributed by atoms with Crippen LogP contribution in [0.1, 0.15) is 65.2 Å². The highest BCUT2D eigenvalue weighted by Crippen LogP contribution is 2.16. The van der Waals surface area contributed by atoms with Crippen LogP contribution in [0.3, 0.4) is 0 Å². The molecular formula is C23H54N2O8SSi+2. The van der Waals surface area contributed by atoms with E-state index in [0.29, 0.717) is 19.5 Å².